The number of methoxy groups -OCH3 is 1. The number of esters is 1. The van der Waals surface area contributed by atoms with Crippen LogP contribution in [-0.4, -0.2) is 48.3 Å². The van der Waals surface area contributed by atoms with Gasteiger partial charge in [-0.25, -0.2) is 0 Å². The van der Waals surface area contributed by atoms with Gasteiger partial charge in [-0.3, -0.25) is 9.69 Å². The Balaban J connectivity index is 2.48. The summed E-state index contributed by atoms with van der Waals surface area (Å²) in [5.74, 6) is -0.316. The molecule has 0 aromatic carbocycles. The largest absolute Gasteiger partial charge is 0.469 e. The summed E-state index contributed by atoms with van der Waals surface area (Å²) in [5, 5.41) is 9.37. The number of likely N-dealkylation sites (tertiary alicyclic amines) is 1. The number of carbonyl (C=O) groups is 1. The van der Waals surface area contributed by atoms with E-state index in [1.165, 1.54) is 7.11 Å². The zero-order valence-electron chi connectivity index (χ0n) is 9.06. The van der Waals surface area contributed by atoms with Gasteiger partial charge in [0.05, 0.1) is 19.1 Å². The Kier molecular flexibility index (Phi) is 3.89. The number of aliphatic hydroxyl groups is 1. The van der Waals surface area contributed by atoms with E-state index in [4.69, 9.17) is 4.74 Å². The molecule has 3 unspecified atom stereocenters. The molecule has 1 aliphatic rings. The molecule has 1 N–H and O–H groups in total. The molecule has 14 heavy (non-hydrogen) atoms. The van der Waals surface area contributed by atoms with E-state index in [1.54, 1.807) is 0 Å². The summed E-state index contributed by atoms with van der Waals surface area (Å²) >= 11 is 0. The fourth-order valence-corrected chi connectivity index (χ4v) is 1.84. The molecule has 0 amide bonds. The summed E-state index contributed by atoms with van der Waals surface area (Å²) in [6.45, 7) is 5.40. The Hall–Kier alpha value is -0.610. The fraction of sp³-hybridized carbons (Fsp3) is 0.900. The zero-order chi connectivity index (χ0) is 10.7. The van der Waals surface area contributed by atoms with Gasteiger partial charge in [-0.15, -0.1) is 0 Å². The highest BCUT2D eigenvalue weighted by molar-refractivity contribution is 5.72. The molecule has 0 bridgehead atoms. The molecule has 4 nitrogen and oxygen atoms in total. The van der Waals surface area contributed by atoms with Crippen LogP contribution in [0.1, 0.15) is 20.3 Å². The van der Waals surface area contributed by atoms with Crippen LogP contribution in [0.5, 0.6) is 0 Å². The third kappa shape index (κ3) is 2.45. The molecule has 1 heterocycles. The minimum Gasteiger partial charge on any atom is -0.469 e. The van der Waals surface area contributed by atoms with Crippen LogP contribution in [0.4, 0.5) is 0 Å². The maximum absolute atomic E-state index is 11.3. The van der Waals surface area contributed by atoms with Gasteiger partial charge in [0.1, 0.15) is 0 Å². The van der Waals surface area contributed by atoms with Crippen LogP contribution in [0.15, 0.2) is 0 Å². The summed E-state index contributed by atoms with van der Waals surface area (Å²) < 4.78 is 4.69. The Bertz CT molecular complexity index is 208. The average Bonchev–Trinajstić information content (AvgIpc) is 2.61. The number of carbonyl (C=O) groups excluding carboxylic acids is 1. The van der Waals surface area contributed by atoms with Crippen LogP contribution in [-0.2, 0) is 9.53 Å². The number of hydrogen-bond donors (Lipinski definition) is 1. The summed E-state index contributed by atoms with van der Waals surface area (Å²) in [6, 6.07) is 0.139. The van der Waals surface area contributed by atoms with Crippen molar-refractivity contribution >= 4 is 5.97 Å². The Morgan fingerprint density at radius 1 is 1.57 bits per heavy atom. The molecule has 0 spiro atoms. The highest BCUT2D eigenvalue weighted by Gasteiger charge is 2.30. The maximum Gasteiger partial charge on any atom is 0.309 e. The summed E-state index contributed by atoms with van der Waals surface area (Å²) in [5.41, 5.74) is 0. The van der Waals surface area contributed by atoms with E-state index in [0.717, 1.165) is 13.0 Å². The highest BCUT2D eigenvalue weighted by atomic mass is 16.5. The number of nitrogens with zero attached hydrogens (tertiary/aromatic N) is 1. The van der Waals surface area contributed by atoms with Crippen LogP contribution >= 0.6 is 0 Å². The molecule has 0 saturated carbocycles. The van der Waals surface area contributed by atoms with Gasteiger partial charge in [0.25, 0.3) is 0 Å². The van der Waals surface area contributed by atoms with Crippen molar-refractivity contribution in [3.8, 4) is 0 Å². The Labute approximate surface area is 84.8 Å². The average molecular weight is 201 g/mol. The highest BCUT2D eigenvalue weighted by Crippen LogP contribution is 2.18. The van der Waals surface area contributed by atoms with Gasteiger partial charge in [0.2, 0.25) is 0 Å². The van der Waals surface area contributed by atoms with Gasteiger partial charge < -0.3 is 9.84 Å². The van der Waals surface area contributed by atoms with Gasteiger partial charge in [-0.2, -0.15) is 0 Å². The molecule has 0 aromatic rings. The second-order valence-corrected chi connectivity index (χ2v) is 3.99. The third-order valence-electron chi connectivity index (χ3n) is 3.07. The Morgan fingerprint density at radius 2 is 2.21 bits per heavy atom. The zero-order valence-corrected chi connectivity index (χ0v) is 9.06. The number of rotatable bonds is 3. The first-order valence-electron chi connectivity index (χ1n) is 5.06. The van der Waals surface area contributed by atoms with Crippen molar-refractivity contribution in [1.29, 1.82) is 0 Å². The normalized spacial score (nSPS) is 27.3. The van der Waals surface area contributed by atoms with Gasteiger partial charge in [-0.05, 0) is 13.3 Å². The topological polar surface area (TPSA) is 49.8 Å². The molecule has 1 fully saturated rings. The molecule has 4 heteroatoms. The molecule has 0 radical (unpaired) electrons. The summed E-state index contributed by atoms with van der Waals surface area (Å²) in [6.07, 6.45) is 0.570. The first-order chi connectivity index (χ1) is 6.56. The molecule has 3 atom stereocenters. The van der Waals surface area contributed by atoms with E-state index < -0.39 is 0 Å². The van der Waals surface area contributed by atoms with Crippen LogP contribution in [0.25, 0.3) is 0 Å². The second-order valence-electron chi connectivity index (χ2n) is 3.99. The first-order valence-corrected chi connectivity index (χ1v) is 5.06. The van der Waals surface area contributed by atoms with Crippen molar-refractivity contribution in [2.45, 2.75) is 32.4 Å². The van der Waals surface area contributed by atoms with Crippen molar-refractivity contribution in [2.75, 3.05) is 20.2 Å². The molecular weight excluding hydrogens is 182 g/mol. The van der Waals surface area contributed by atoms with E-state index in [-0.39, 0.29) is 24.0 Å². The number of aliphatic hydroxyl groups excluding tert-OH is 1. The fourth-order valence-electron chi connectivity index (χ4n) is 1.84. The van der Waals surface area contributed by atoms with E-state index >= 15 is 0 Å². The standard InChI is InChI=1S/C10H19NO3/c1-7(10(13)14-3)8(2)11-5-4-9(12)6-11/h7-9,12H,4-6H2,1-3H3. The van der Waals surface area contributed by atoms with Crippen molar-refractivity contribution in [2.24, 2.45) is 5.92 Å². The molecule has 0 aliphatic carbocycles. The number of β-amino-alcohol motifs (C(OH)–C–C–N with tert-alkyl or cyclic N) is 1. The van der Waals surface area contributed by atoms with Crippen LogP contribution in [0.3, 0.4) is 0 Å². The van der Waals surface area contributed by atoms with Crippen LogP contribution < -0.4 is 0 Å². The summed E-state index contributed by atoms with van der Waals surface area (Å²) in [4.78, 5) is 13.4. The lowest BCUT2D eigenvalue weighted by Gasteiger charge is -2.27. The van der Waals surface area contributed by atoms with E-state index in [9.17, 15) is 9.90 Å². The van der Waals surface area contributed by atoms with Crippen molar-refractivity contribution in [1.82, 2.24) is 4.90 Å². The smallest absolute Gasteiger partial charge is 0.309 e. The molecule has 0 aromatic heterocycles. The second kappa shape index (κ2) is 4.75. The minimum absolute atomic E-state index is 0.134. The molecule has 82 valence electrons. The van der Waals surface area contributed by atoms with E-state index in [0.29, 0.717) is 6.54 Å². The molecule has 1 aliphatic heterocycles. The lowest BCUT2D eigenvalue weighted by atomic mass is 10.0. The van der Waals surface area contributed by atoms with E-state index in [1.807, 2.05) is 13.8 Å². The van der Waals surface area contributed by atoms with Gasteiger partial charge in [-0.1, -0.05) is 6.92 Å². The molecule has 1 rings (SSSR count). The maximum atomic E-state index is 11.3. The van der Waals surface area contributed by atoms with Crippen molar-refractivity contribution in [3.63, 3.8) is 0 Å². The monoisotopic (exact) mass is 201 g/mol. The third-order valence-corrected chi connectivity index (χ3v) is 3.07. The first kappa shape index (κ1) is 11.5. The minimum atomic E-state index is -0.234. The lowest BCUT2D eigenvalue weighted by molar-refractivity contribution is -0.146. The van der Waals surface area contributed by atoms with Crippen molar-refractivity contribution < 1.29 is 14.6 Å². The molecule has 1 saturated heterocycles. The van der Waals surface area contributed by atoms with E-state index in [2.05, 4.69) is 4.90 Å². The molecular formula is C10H19NO3. The van der Waals surface area contributed by atoms with Gasteiger partial charge in [0.15, 0.2) is 0 Å². The van der Waals surface area contributed by atoms with Gasteiger partial charge in [0, 0.05) is 19.1 Å². The number of hydrogen-bond acceptors (Lipinski definition) is 4. The van der Waals surface area contributed by atoms with Crippen LogP contribution in [0, 0.1) is 5.92 Å². The lowest BCUT2D eigenvalue weighted by Crippen LogP contribution is -2.39. The predicted octanol–water partition coefficient (Wildman–Crippen LogP) is 0.251. The SMILES string of the molecule is COC(=O)C(C)C(C)N1CCC(O)C1. The quantitative estimate of drug-likeness (QED) is 0.665. The Morgan fingerprint density at radius 3 is 2.64 bits per heavy atom. The van der Waals surface area contributed by atoms with Crippen molar-refractivity contribution in [3.05, 3.63) is 0 Å². The summed E-state index contributed by atoms with van der Waals surface area (Å²) in [7, 11) is 1.41. The predicted molar refractivity (Wildman–Crippen MR) is 52.8 cm³/mol. The van der Waals surface area contributed by atoms with Gasteiger partial charge >= 0.3 is 5.97 Å². The number of ether oxygens (including phenoxy) is 1. The van der Waals surface area contributed by atoms with Crippen LogP contribution in [0.2, 0.25) is 0 Å².